The summed E-state index contributed by atoms with van der Waals surface area (Å²) in [6.45, 7) is 0.806. The molecular formula is C23H18F7N5O4. The Bertz CT molecular complexity index is 1530. The molecule has 1 aliphatic rings. The number of nitrogens with one attached hydrogen (secondary N) is 1. The molecule has 39 heavy (non-hydrogen) atoms. The van der Waals surface area contributed by atoms with E-state index in [1.165, 1.54) is 5.32 Å². The highest BCUT2D eigenvalue weighted by Gasteiger charge is 2.62. The summed E-state index contributed by atoms with van der Waals surface area (Å²) in [5.41, 5.74) is -2.54. The number of carbonyl (C=O) groups is 2. The number of amides is 2. The number of pyridine rings is 3. The zero-order chi connectivity index (χ0) is 28.9. The van der Waals surface area contributed by atoms with Crippen LogP contribution in [0.25, 0.3) is 16.9 Å². The predicted molar refractivity (Wildman–Crippen MR) is 121 cm³/mol. The minimum Gasteiger partial charge on any atom is -0.391 e. The van der Waals surface area contributed by atoms with Gasteiger partial charge in [0.05, 0.1) is 30.7 Å². The summed E-state index contributed by atoms with van der Waals surface area (Å²) in [5, 5.41) is 10.8. The number of β-amino-alcohol motifs (C(OH)–C–C–N with tert-alkyl or cyclic N) is 1. The van der Waals surface area contributed by atoms with E-state index in [4.69, 9.17) is 0 Å². The number of aliphatic hydroxyl groups is 1. The minimum atomic E-state index is -6.01. The SMILES string of the molecule is CCC(NC(=O)c1cn(-c2ncc(F)cc2F)c2nc(N3C[C@@H](O)CC3=O)ccc2c1=O)C(F)(F)C(F)(F)F. The molecule has 1 unspecified atom stereocenters. The third-order valence-electron chi connectivity index (χ3n) is 6.01. The van der Waals surface area contributed by atoms with Crippen LogP contribution in [0.5, 0.6) is 0 Å². The van der Waals surface area contributed by atoms with Crippen LogP contribution < -0.4 is 15.6 Å². The maximum absolute atomic E-state index is 14.7. The van der Waals surface area contributed by atoms with Crippen molar-refractivity contribution in [3.05, 3.63) is 58.0 Å². The lowest BCUT2D eigenvalue weighted by molar-refractivity contribution is -0.292. The van der Waals surface area contributed by atoms with Crippen LogP contribution in [0, 0.1) is 11.6 Å². The topological polar surface area (TPSA) is 117 Å². The fraction of sp³-hybridized carbons (Fsp3) is 0.348. The first-order chi connectivity index (χ1) is 18.2. The van der Waals surface area contributed by atoms with E-state index in [0.29, 0.717) is 23.0 Å². The van der Waals surface area contributed by atoms with Crippen LogP contribution >= 0.6 is 0 Å². The molecule has 3 aromatic heterocycles. The molecule has 3 aromatic rings. The Balaban J connectivity index is 1.90. The quantitative estimate of drug-likeness (QED) is 0.447. The van der Waals surface area contributed by atoms with Crippen LogP contribution in [0.15, 0.2) is 35.4 Å². The summed E-state index contributed by atoms with van der Waals surface area (Å²) in [7, 11) is 0. The van der Waals surface area contributed by atoms with Crippen molar-refractivity contribution in [2.75, 3.05) is 11.4 Å². The minimum absolute atomic E-state index is 0.0900. The fourth-order valence-electron chi connectivity index (χ4n) is 4.04. The zero-order valence-corrected chi connectivity index (χ0v) is 19.8. The van der Waals surface area contributed by atoms with Gasteiger partial charge in [0, 0.05) is 12.3 Å². The van der Waals surface area contributed by atoms with E-state index in [9.17, 15) is 50.2 Å². The summed E-state index contributed by atoms with van der Waals surface area (Å²) >= 11 is 0. The highest BCUT2D eigenvalue weighted by molar-refractivity contribution is 5.99. The first-order valence-corrected chi connectivity index (χ1v) is 11.3. The van der Waals surface area contributed by atoms with Gasteiger partial charge in [-0.3, -0.25) is 23.9 Å². The van der Waals surface area contributed by atoms with E-state index in [2.05, 4.69) is 9.97 Å². The Labute approximate surface area is 213 Å². The molecule has 9 nitrogen and oxygen atoms in total. The average molecular weight is 561 g/mol. The number of alkyl halides is 5. The Morgan fingerprint density at radius 2 is 1.90 bits per heavy atom. The molecule has 208 valence electrons. The van der Waals surface area contributed by atoms with E-state index in [-0.39, 0.29) is 18.8 Å². The van der Waals surface area contributed by atoms with Crippen LogP contribution in [0.3, 0.4) is 0 Å². The number of hydrogen-bond acceptors (Lipinski definition) is 6. The number of fused-ring (bicyclic) bond motifs is 1. The Hall–Kier alpha value is -4.08. The van der Waals surface area contributed by atoms with Crippen molar-refractivity contribution in [2.24, 2.45) is 0 Å². The van der Waals surface area contributed by atoms with Gasteiger partial charge in [-0.25, -0.2) is 18.7 Å². The molecule has 0 radical (unpaired) electrons. The second kappa shape index (κ2) is 9.91. The van der Waals surface area contributed by atoms with Gasteiger partial charge in [0.2, 0.25) is 11.3 Å². The molecule has 4 rings (SSSR count). The van der Waals surface area contributed by atoms with Crippen molar-refractivity contribution in [1.82, 2.24) is 19.9 Å². The predicted octanol–water partition coefficient (Wildman–Crippen LogP) is 2.86. The third kappa shape index (κ3) is 5.03. The van der Waals surface area contributed by atoms with Crippen molar-refractivity contribution in [1.29, 1.82) is 0 Å². The second-order valence-corrected chi connectivity index (χ2v) is 8.66. The molecule has 0 spiro atoms. The molecule has 2 amide bonds. The van der Waals surface area contributed by atoms with E-state index in [1.807, 2.05) is 0 Å². The molecular weight excluding hydrogens is 543 g/mol. The van der Waals surface area contributed by atoms with Gasteiger partial charge in [-0.2, -0.15) is 22.0 Å². The van der Waals surface area contributed by atoms with Crippen LogP contribution in [-0.2, 0) is 4.79 Å². The molecule has 2 atom stereocenters. The average Bonchev–Trinajstić information content (AvgIpc) is 3.19. The number of carbonyl (C=O) groups excluding carboxylic acids is 2. The van der Waals surface area contributed by atoms with Crippen LogP contribution in [0.1, 0.15) is 30.1 Å². The normalized spacial score (nSPS) is 17.1. The number of rotatable bonds is 6. The molecule has 16 heteroatoms. The van der Waals surface area contributed by atoms with Gasteiger partial charge in [-0.05, 0) is 18.6 Å². The number of hydrogen-bond donors (Lipinski definition) is 2. The maximum atomic E-state index is 14.7. The van der Waals surface area contributed by atoms with Crippen LogP contribution in [0.2, 0.25) is 0 Å². The maximum Gasteiger partial charge on any atom is 0.455 e. The molecule has 0 bridgehead atoms. The summed E-state index contributed by atoms with van der Waals surface area (Å²) in [6.07, 6.45) is -6.91. The Morgan fingerprint density at radius 3 is 2.46 bits per heavy atom. The highest BCUT2D eigenvalue weighted by Crippen LogP contribution is 2.39. The molecule has 4 heterocycles. The first-order valence-electron chi connectivity index (χ1n) is 11.3. The van der Waals surface area contributed by atoms with Gasteiger partial charge >= 0.3 is 12.1 Å². The summed E-state index contributed by atoms with van der Waals surface area (Å²) in [4.78, 5) is 47.0. The molecule has 0 aromatic carbocycles. The number of anilines is 1. The number of nitrogens with zero attached hydrogens (tertiary/aromatic N) is 4. The zero-order valence-electron chi connectivity index (χ0n) is 19.8. The van der Waals surface area contributed by atoms with Gasteiger partial charge in [0.15, 0.2) is 17.3 Å². The monoisotopic (exact) mass is 561 g/mol. The molecule has 1 aliphatic heterocycles. The van der Waals surface area contributed by atoms with Crippen molar-refractivity contribution < 1.29 is 45.4 Å². The third-order valence-corrected chi connectivity index (χ3v) is 6.01. The van der Waals surface area contributed by atoms with Gasteiger partial charge in [0.1, 0.15) is 23.2 Å². The van der Waals surface area contributed by atoms with Crippen molar-refractivity contribution >= 4 is 28.7 Å². The molecule has 2 N–H and O–H groups in total. The lowest BCUT2D eigenvalue weighted by atomic mass is 10.1. The molecule has 1 fully saturated rings. The van der Waals surface area contributed by atoms with Crippen molar-refractivity contribution in [3.63, 3.8) is 0 Å². The summed E-state index contributed by atoms with van der Waals surface area (Å²) in [5.74, 6) is -10.7. The second-order valence-electron chi connectivity index (χ2n) is 8.66. The molecule has 0 saturated carbocycles. The van der Waals surface area contributed by atoms with Gasteiger partial charge in [0.25, 0.3) is 5.91 Å². The van der Waals surface area contributed by atoms with Crippen molar-refractivity contribution in [2.45, 2.75) is 44.0 Å². The van der Waals surface area contributed by atoms with E-state index in [0.717, 1.165) is 24.0 Å². The lowest BCUT2D eigenvalue weighted by Crippen LogP contribution is -2.55. The van der Waals surface area contributed by atoms with Gasteiger partial charge in [-0.15, -0.1) is 0 Å². The first kappa shape index (κ1) is 27.9. The Kier molecular flexibility index (Phi) is 7.10. The molecule has 1 saturated heterocycles. The van der Waals surface area contributed by atoms with Crippen LogP contribution in [-0.4, -0.2) is 62.2 Å². The Morgan fingerprint density at radius 1 is 1.21 bits per heavy atom. The smallest absolute Gasteiger partial charge is 0.391 e. The van der Waals surface area contributed by atoms with Crippen molar-refractivity contribution in [3.8, 4) is 5.82 Å². The fourth-order valence-corrected chi connectivity index (χ4v) is 4.04. The standard InChI is InChI=1S/C23H18F7N5O4/c1-2-15(22(26,27)23(28,29)30)32-21(39)13-9-35(20-14(25)5-10(24)7-31-20)19-12(18(13)38)3-4-16(33-19)34-8-11(36)6-17(34)37/h3-5,7,9,11,15,36H,2,6,8H2,1H3,(H,32,39)/t11-,15?/m0/s1. The van der Waals surface area contributed by atoms with E-state index in [1.54, 1.807) is 0 Å². The largest absolute Gasteiger partial charge is 0.455 e. The summed E-state index contributed by atoms with van der Waals surface area (Å²) < 4.78 is 95.5. The number of halogens is 7. The van der Waals surface area contributed by atoms with Gasteiger partial charge in [-0.1, -0.05) is 6.92 Å². The number of aliphatic hydroxyl groups excluding tert-OH is 1. The van der Waals surface area contributed by atoms with E-state index >= 15 is 0 Å². The number of aromatic nitrogens is 3. The summed E-state index contributed by atoms with van der Waals surface area (Å²) in [6, 6.07) is -0.115. The lowest BCUT2D eigenvalue weighted by Gasteiger charge is -2.28. The van der Waals surface area contributed by atoms with Gasteiger partial charge < -0.3 is 10.4 Å². The van der Waals surface area contributed by atoms with Crippen LogP contribution in [0.4, 0.5) is 36.6 Å². The molecule has 0 aliphatic carbocycles. The highest BCUT2D eigenvalue weighted by atomic mass is 19.4. The van der Waals surface area contributed by atoms with E-state index < -0.39 is 82.0 Å².